The van der Waals surface area contributed by atoms with Crippen LogP contribution in [0.4, 0.5) is 5.69 Å². The van der Waals surface area contributed by atoms with Gasteiger partial charge in [0.25, 0.3) is 0 Å². The van der Waals surface area contributed by atoms with Crippen LogP contribution in [0.25, 0.3) is 0 Å². The Labute approximate surface area is 115 Å². The molecule has 0 heterocycles. The summed E-state index contributed by atoms with van der Waals surface area (Å²) in [7, 11) is 1.84. The van der Waals surface area contributed by atoms with Gasteiger partial charge < -0.3 is 15.4 Å². The molecule has 0 saturated carbocycles. The van der Waals surface area contributed by atoms with Crippen LogP contribution in [0.3, 0.4) is 0 Å². The van der Waals surface area contributed by atoms with Crippen LogP contribution < -0.4 is 15.4 Å². The van der Waals surface area contributed by atoms with E-state index < -0.39 is 0 Å². The molecule has 0 aromatic heterocycles. The van der Waals surface area contributed by atoms with E-state index in [9.17, 15) is 4.79 Å². The zero-order valence-corrected chi connectivity index (χ0v) is 12.4. The molecule has 1 atom stereocenters. The number of hydrogen-bond donors (Lipinski definition) is 2. The highest BCUT2D eigenvalue weighted by atomic mass is 16.5. The van der Waals surface area contributed by atoms with Crippen LogP contribution in [0.5, 0.6) is 5.75 Å². The molecule has 1 aromatic carbocycles. The summed E-state index contributed by atoms with van der Waals surface area (Å²) in [5.74, 6) is 0.791. The van der Waals surface area contributed by atoms with E-state index in [0.717, 1.165) is 17.0 Å². The molecule has 0 aliphatic heterocycles. The predicted octanol–water partition coefficient (Wildman–Crippen LogP) is 2.58. The molecule has 0 unspecified atom stereocenters. The maximum atomic E-state index is 11.9. The van der Waals surface area contributed by atoms with Crippen LogP contribution in [0.2, 0.25) is 0 Å². The molecule has 1 rings (SSSR count). The van der Waals surface area contributed by atoms with Gasteiger partial charge in [-0.15, -0.1) is 0 Å². The standard InChI is InChI=1S/C15H24N2O2/c1-10(2)19-13-6-7-14(11(3)8-13)17-15(18)12(4)9-16-5/h6-8,10,12,16H,9H2,1-5H3,(H,17,18)/t12-/m0/s1. The summed E-state index contributed by atoms with van der Waals surface area (Å²) in [6, 6.07) is 5.71. The molecule has 0 radical (unpaired) electrons. The molecule has 0 spiro atoms. The van der Waals surface area contributed by atoms with Gasteiger partial charge in [0.05, 0.1) is 6.10 Å². The summed E-state index contributed by atoms with van der Waals surface area (Å²) in [5.41, 5.74) is 1.84. The SMILES string of the molecule is CNC[C@H](C)C(=O)Nc1ccc(OC(C)C)cc1C. The number of amides is 1. The second-order valence-corrected chi connectivity index (χ2v) is 5.09. The van der Waals surface area contributed by atoms with E-state index in [1.54, 1.807) is 0 Å². The third-order valence-corrected chi connectivity index (χ3v) is 2.79. The topological polar surface area (TPSA) is 50.4 Å². The Bertz CT molecular complexity index is 430. The molecule has 0 aliphatic carbocycles. The molecule has 0 saturated heterocycles. The minimum Gasteiger partial charge on any atom is -0.491 e. The summed E-state index contributed by atoms with van der Waals surface area (Å²) in [6.45, 7) is 8.51. The highest BCUT2D eigenvalue weighted by Crippen LogP contribution is 2.22. The Hall–Kier alpha value is -1.55. The number of anilines is 1. The zero-order valence-electron chi connectivity index (χ0n) is 12.4. The van der Waals surface area contributed by atoms with Gasteiger partial charge in [0.15, 0.2) is 0 Å². The molecular weight excluding hydrogens is 240 g/mol. The van der Waals surface area contributed by atoms with Crippen LogP contribution in [0, 0.1) is 12.8 Å². The van der Waals surface area contributed by atoms with E-state index in [1.807, 2.05) is 52.9 Å². The molecule has 19 heavy (non-hydrogen) atoms. The van der Waals surface area contributed by atoms with Crippen LogP contribution >= 0.6 is 0 Å². The minimum absolute atomic E-state index is 0.0231. The first kappa shape index (κ1) is 15.5. The first-order valence-corrected chi connectivity index (χ1v) is 6.66. The van der Waals surface area contributed by atoms with Gasteiger partial charge in [-0.25, -0.2) is 0 Å². The van der Waals surface area contributed by atoms with Crippen LogP contribution in [-0.4, -0.2) is 25.6 Å². The van der Waals surface area contributed by atoms with E-state index in [2.05, 4.69) is 10.6 Å². The average molecular weight is 264 g/mol. The molecular formula is C15H24N2O2. The number of rotatable bonds is 6. The number of aryl methyl sites for hydroxylation is 1. The molecule has 106 valence electrons. The third kappa shape index (κ3) is 4.91. The smallest absolute Gasteiger partial charge is 0.228 e. The van der Waals surface area contributed by atoms with E-state index in [4.69, 9.17) is 4.74 Å². The van der Waals surface area contributed by atoms with E-state index in [1.165, 1.54) is 0 Å². The fraction of sp³-hybridized carbons (Fsp3) is 0.533. The summed E-state index contributed by atoms with van der Waals surface area (Å²) in [4.78, 5) is 11.9. The summed E-state index contributed by atoms with van der Waals surface area (Å²) < 4.78 is 5.62. The molecule has 1 amide bonds. The summed E-state index contributed by atoms with van der Waals surface area (Å²) in [5, 5.41) is 5.94. The highest BCUT2D eigenvalue weighted by molar-refractivity contribution is 5.93. The molecule has 4 nitrogen and oxygen atoms in total. The van der Waals surface area contributed by atoms with Crippen molar-refractivity contribution in [2.75, 3.05) is 18.9 Å². The molecule has 0 bridgehead atoms. The van der Waals surface area contributed by atoms with E-state index >= 15 is 0 Å². The largest absolute Gasteiger partial charge is 0.491 e. The van der Waals surface area contributed by atoms with Crippen molar-refractivity contribution in [1.29, 1.82) is 0 Å². The number of carbonyl (C=O) groups excluding carboxylic acids is 1. The lowest BCUT2D eigenvalue weighted by molar-refractivity contribution is -0.119. The second-order valence-electron chi connectivity index (χ2n) is 5.09. The third-order valence-electron chi connectivity index (χ3n) is 2.79. The minimum atomic E-state index is -0.0593. The molecule has 2 N–H and O–H groups in total. The van der Waals surface area contributed by atoms with E-state index in [-0.39, 0.29) is 17.9 Å². The number of benzene rings is 1. The molecule has 0 aliphatic rings. The van der Waals surface area contributed by atoms with Crippen molar-refractivity contribution < 1.29 is 9.53 Å². The lowest BCUT2D eigenvalue weighted by Crippen LogP contribution is -2.28. The van der Waals surface area contributed by atoms with Gasteiger partial charge in [0.1, 0.15) is 5.75 Å². The Balaban J connectivity index is 2.72. The number of nitrogens with one attached hydrogen (secondary N) is 2. The number of hydrogen-bond acceptors (Lipinski definition) is 3. The molecule has 1 aromatic rings. The Morgan fingerprint density at radius 1 is 1.32 bits per heavy atom. The Morgan fingerprint density at radius 2 is 2.00 bits per heavy atom. The Kier molecular flexibility index (Phi) is 5.83. The van der Waals surface area contributed by atoms with Gasteiger partial charge in [-0.3, -0.25) is 4.79 Å². The molecule has 0 fully saturated rings. The van der Waals surface area contributed by atoms with Crippen molar-refractivity contribution in [1.82, 2.24) is 5.32 Å². The zero-order chi connectivity index (χ0) is 14.4. The lowest BCUT2D eigenvalue weighted by atomic mass is 10.1. The number of ether oxygens (including phenoxy) is 1. The van der Waals surface area contributed by atoms with Crippen molar-refractivity contribution in [3.63, 3.8) is 0 Å². The van der Waals surface area contributed by atoms with Crippen molar-refractivity contribution in [2.24, 2.45) is 5.92 Å². The summed E-state index contributed by atoms with van der Waals surface area (Å²) >= 11 is 0. The van der Waals surface area contributed by atoms with Crippen LogP contribution in [-0.2, 0) is 4.79 Å². The predicted molar refractivity (Wildman–Crippen MR) is 78.7 cm³/mol. The summed E-state index contributed by atoms with van der Waals surface area (Å²) in [6.07, 6.45) is 0.149. The van der Waals surface area contributed by atoms with Gasteiger partial charge in [0.2, 0.25) is 5.91 Å². The molecule has 4 heteroatoms. The van der Waals surface area contributed by atoms with Gasteiger partial charge >= 0.3 is 0 Å². The van der Waals surface area contributed by atoms with Crippen molar-refractivity contribution >= 4 is 11.6 Å². The first-order chi connectivity index (χ1) is 8.93. The van der Waals surface area contributed by atoms with Crippen LogP contribution in [0.15, 0.2) is 18.2 Å². The van der Waals surface area contributed by atoms with Crippen molar-refractivity contribution in [2.45, 2.75) is 33.8 Å². The Morgan fingerprint density at radius 3 is 2.53 bits per heavy atom. The fourth-order valence-electron chi connectivity index (χ4n) is 1.78. The quantitative estimate of drug-likeness (QED) is 0.830. The van der Waals surface area contributed by atoms with Crippen molar-refractivity contribution in [3.8, 4) is 5.75 Å². The van der Waals surface area contributed by atoms with Gasteiger partial charge in [-0.05, 0) is 51.6 Å². The van der Waals surface area contributed by atoms with Crippen molar-refractivity contribution in [3.05, 3.63) is 23.8 Å². The second kappa shape index (κ2) is 7.14. The normalized spacial score (nSPS) is 12.3. The van der Waals surface area contributed by atoms with Gasteiger partial charge in [0, 0.05) is 18.2 Å². The average Bonchev–Trinajstić information content (AvgIpc) is 2.32. The highest BCUT2D eigenvalue weighted by Gasteiger charge is 2.13. The van der Waals surface area contributed by atoms with E-state index in [0.29, 0.717) is 6.54 Å². The van der Waals surface area contributed by atoms with Gasteiger partial charge in [-0.2, -0.15) is 0 Å². The van der Waals surface area contributed by atoms with Gasteiger partial charge in [-0.1, -0.05) is 6.92 Å². The fourth-order valence-corrected chi connectivity index (χ4v) is 1.78. The monoisotopic (exact) mass is 264 g/mol. The first-order valence-electron chi connectivity index (χ1n) is 6.66. The maximum absolute atomic E-state index is 11.9. The number of carbonyl (C=O) groups is 1. The lowest BCUT2D eigenvalue weighted by Gasteiger charge is -2.15. The van der Waals surface area contributed by atoms with Crippen LogP contribution in [0.1, 0.15) is 26.3 Å². The maximum Gasteiger partial charge on any atom is 0.228 e.